The highest BCUT2D eigenvalue weighted by atomic mass is 32.2. The molecule has 3 nitrogen and oxygen atoms in total. The largest absolute Gasteiger partial charge is 0.346 e. The fourth-order valence-electron chi connectivity index (χ4n) is 1.03. The van der Waals surface area contributed by atoms with E-state index in [1.807, 2.05) is 24.5 Å². The summed E-state index contributed by atoms with van der Waals surface area (Å²) in [6, 6.07) is 1.96. The van der Waals surface area contributed by atoms with E-state index in [0.717, 1.165) is 21.9 Å². The van der Waals surface area contributed by atoms with Crippen molar-refractivity contribution in [3.05, 3.63) is 31.1 Å². The van der Waals surface area contributed by atoms with Gasteiger partial charge in [0.15, 0.2) is 5.16 Å². The molecule has 0 saturated carbocycles. The number of rotatable bonds is 3. The number of aromatic amines is 1. The SMILES string of the molecule is C=CCSc1ncc2cc[nH]c2n1. The Morgan fingerprint density at radius 2 is 2.54 bits per heavy atom. The molecular weight excluding hydrogens is 182 g/mol. The predicted octanol–water partition coefficient (Wildman–Crippen LogP) is 2.24. The Bertz CT molecular complexity index is 421. The van der Waals surface area contributed by atoms with Gasteiger partial charge in [-0.05, 0) is 6.07 Å². The molecule has 0 aliphatic heterocycles. The molecule has 0 radical (unpaired) electrons. The van der Waals surface area contributed by atoms with E-state index < -0.39 is 0 Å². The third-order valence-electron chi connectivity index (χ3n) is 1.61. The summed E-state index contributed by atoms with van der Waals surface area (Å²) in [4.78, 5) is 11.6. The number of nitrogens with one attached hydrogen (secondary N) is 1. The molecule has 4 heteroatoms. The van der Waals surface area contributed by atoms with Crippen LogP contribution in [0.2, 0.25) is 0 Å². The van der Waals surface area contributed by atoms with Gasteiger partial charge < -0.3 is 4.98 Å². The standard InChI is InChI=1S/C9H9N3S/c1-2-5-13-9-11-6-7-3-4-10-8(7)12-9/h2-4,6H,1,5H2,(H,10,11,12). The van der Waals surface area contributed by atoms with Gasteiger partial charge in [-0.2, -0.15) is 0 Å². The van der Waals surface area contributed by atoms with E-state index in [0.29, 0.717) is 0 Å². The zero-order valence-electron chi connectivity index (χ0n) is 7.03. The fraction of sp³-hybridized carbons (Fsp3) is 0.111. The summed E-state index contributed by atoms with van der Waals surface area (Å²) < 4.78 is 0. The van der Waals surface area contributed by atoms with Crippen molar-refractivity contribution in [3.63, 3.8) is 0 Å². The van der Waals surface area contributed by atoms with Gasteiger partial charge in [0.1, 0.15) is 5.65 Å². The maximum Gasteiger partial charge on any atom is 0.189 e. The van der Waals surface area contributed by atoms with Crippen LogP contribution < -0.4 is 0 Å². The Balaban J connectivity index is 2.31. The number of hydrogen-bond donors (Lipinski definition) is 1. The van der Waals surface area contributed by atoms with Gasteiger partial charge in [0, 0.05) is 23.5 Å². The molecular formula is C9H9N3S. The van der Waals surface area contributed by atoms with Gasteiger partial charge in [-0.25, -0.2) is 9.97 Å². The number of fused-ring (bicyclic) bond motifs is 1. The van der Waals surface area contributed by atoms with Crippen LogP contribution in [0.1, 0.15) is 0 Å². The quantitative estimate of drug-likeness (QED) is 0.459. The lowest BCUT2D eigenvalue weighted by Crippen LogP contribution is -1.86. The smallest absolute Gasteiger partial charge is 0.189 e. The minimum absolute atomic E-state index is 0.787. The zero-order chi connectivity index (χ0) is 9.10. The van der Waals surface area contributed by atoms with E-state index in [2.05, 4.69) is 21.5 Å². The summed E-state index contributed by atoms with van der Waals surface area (Å²) in [5.41, 5.74) is 0.890. The Hall–Kier alpha value is -1.29. The summed E-state index contributed by atoms with van der Waals surface area (Å²) in [5.74, 6) is 0.839. The van der Waals surface area contributed by atoms with E-state index in [1.54, 1.807) is 11.8 Å². The van der Waals surface area contributed by atoms with Crippen LogP contribution in [0, 0.1) is 0 Å². The Morgan fingerprint density at radius 1 is 1.62 bits per heavy atom. The molecule has 0 aromatic carbocycles. The van der Waals surface area contributed by atoms with Crippen LogP contribution in [0.4, 0.5) is 0 Å². The van der Waals surface area contributed by atoms with Gasteiger partial charge in [-0.15, -0.1) is 6.58 Å². The number of aromatic nitrogens is 3. The molecule has 0 aliphatic rings. The number of nitrogens with zero attached hydrogens (tertiary/aromatic N) is 2. The fourth-order valence-corrected chi connectivity index (χ4v) is 1.58. The van der Waals surface area contributed by atoms with Crippen molar-refractivity contribution in [1.82, 2.24) is 15.0 Å². The molecule has 0 amide bonds. The van der Waals surface area contributed by atoms with E-state index in [4.69, 9.17) is 0 Å². The molecule has 0 saturated heterocycles. The highest BCUT2D eigenvalue weighted by Crippen LogP contribution is 2.15. The summed E-state index contributed by atoms with van der Waals surface area (Å²) in [6.45, 7) is 3.64. The average Bonchev–Trinajstić information content (AvgIpc) is 2.61. The first-order valence-electron chi connectivity index (χ1n) is 3.94. The second kappa shape index (κ2) is 3.62. The predicted molar refractivity (Wildman–Crippen MR) is 54.8 cm³/mol. The molecule has 0 fully saturated rings. The molecule has 66 valence electrons. The minimum Gasteiger partial charge on any atom is -0.346 e. The lowest BCUT2D eigenvalue weighted by molar-refractivity contribution is 0.997. The van der Waals surface area contributed by atoms with Crippen LogP contribution in [-0.4, -0.2) is 20.7 Å². The van der Waals surface area contributed by atoms with Crippen LogP contribution in [0.25, 0.3) is 11.0 Å². The van der Waals surface area contributed by atoms with Crippen molar-refractivity contribution in [2.45, 2.75) is 5.16 Å². The van der Waals surface area contributed by atoms with E-state index in [-0.39, 0.29) is 0 Å². The van der Waals surface area contributed by atoms with Crippen LogP contribution in [0.5, 0.6) is 0 Å². The van der Waals surface area contributed by atoms with Gasteiger partial charge in [0.2, 0.25) is 0 Å². The van der Waals surface area contributed by atoms with Crippen molar-refractivity contribution >= 4 is 22.8 Å². The van der Waals surface area contributed by atoms with Gasteiger partial charge in [0.25, 0.3) is 0 Å². The maximum absolute atomic E-state index is 4.32. The van der Waals surface area contributed by atoms with E-state index in [9.17, 15) is 0 Å². The second-order valence-corrected chi connectivity index (χ2v) is 3.52. The Morgan fingerprint density at radius 3 is 3.38 bits per heavy atom. The topological polar surface area (TPSA) is 41.6 Å². The first-order chi connectivity index (χ1) is 6.40. The van der Waals surface area contributed by atoms with Gasteiger partial charge >= 0.3 is 0 Å². The summed E-state index contributed by atoms with van der Waals surface area (Å²) in [7, 11) is 0. The first kappa shape index (κ1) is 8.31. The number of H-pyrrole nitrogens is 1. The van der Waals surface area contributed by atoms with Crippen molar-refractivity contribution in [3.8, 4) is 0 Å². The van der Waals surface area contributed by atoms with Crippen molar-refractivity contribution in [2.75, 3.05) is 5.75 Å². The van der Waals surface area contributed by atoms with Gasteiger partial charge in [-0.1, -0.05) is 17.8 Å². The van der Waals surface area contributed by atoms with Crippen molar-refractivity contribution in [1.29, 1.82) is 0 Å². The van der Waals surface area contributed by atoms with Gasteiger partial charge in [0.05, 0.1) is 0 Å². The first-order valence-corrected chi connectivity index (χ1v) is 4.92. The molecule has 0 bridgehead atoms. The number of hydrogen-bond acceptors (Lipinski definition) is 3. The van der Waals surface area contributed by atoms with Gasteiger partial charge in [-0.3, -0.25) is 0 Å². The second-order valence-electron chi connectivity index (χ2n) is 2.53. The van der Waals surface area contributed by atoms with Crippen molar-refractivity contribution in [2.24, 2.45) is 0 Å². The molecule has 0 aliphatic carbocycles. The monoisotopic (exact) mass is 191 g/mol. The summed E-state index contributed by atoms with van der Waals surface area (Å²) in [6.07, 6.45) is 5.53. The lowest BCUT2D eigenvalue weighted by Gasteiger charge is -1.95. The Labute approximate surface area is 80.3 Å². The highest BCUT2D eigenvalue weighted by molar-refractivity contribution is 7.99. The van der Waals surface area contributed by atoms with Crippen molar-refractivity contribution < 1.29 is 0 Å². The maximum atomic E-state index is 4.32. The summed E-state index contributed by atoms with van der Waals surface area (Å²) in [5, 5.41) is 1.83. The molecule has 2 aromatic heterocycles. The zero-order valence-corrected chi connectivity index (χ0v) is 7.84. The molecule has 2 rings (SSSR count). The minimum atomic E-state index is 0.787. The molecule has 0 spiro atoms. The molecule has 2 heterocycles. The normalized spacial score (nSPS) is 10.5. The molecule has 0 unspecified atom stereocenters. The van der Waals surface area contributed by atoms with E-state index in [1.165, 1.54) is 0 Å². The van der Waals surface area contributed by atoms with Crippen LogP contribution >= 0.6 is 11.8 Å². The van der Waals surface area contributed by atoms with Crippen LogP contribution in [0.3, 0.4) is 0 Å². The molecule has 2 aromatic rings. The Kier molecular flexibility index (Phi) is 2.31. The third-order valence-corrected chi connectivity index (χ3v) is 2.47. The average molecular weight is 191 g/mol. The lowest BCUT2D eigenvalue weighted by atomic mass is 10.4. The van der Waals surface area contributed by atoms with E-state index >= 15 is 0 Å². The third kappa shape index (κ3) is 1.72. The highest BCUT2D eigenvalue weighted by Gasteiger charge is 1.99. The molecule has 0 atom stereocenters. The summed E-state index contributed by atoms with van der Waals surface area (Å²) >= 11 is 1.58. The number of thioether (sulfide) groups is 1. The van der Waals surface area contributed by atoms with Crippen LogP contribution in [0.15, 0.2) is 36.3 Å². The molecule has 13 heavy (non-hydrogen) atoms. The van der Waals surface area contributed by atoms with Crippen LogP contribution in [-0.2, 0) is 0 Å². The molecule has 1 N–H and O–H groups in total.